The first kappa shape index (κ1) is 15.8. The molecule has 2 aliphatic heterocycles. The van der Waals surface area contributed by atoms with Gasteiger partial charge in [-0.15, -0.1) is 0 Å². The molecule has 1 amide bonds. The van der Waals surface area contributed by atoms with Crippen LogP contribution in [0, 0.1) is 5.92 Å². The van der Waals surface area contributed by atoms with Gasteiger partial charge in [-0.25, -0.2) is 0 Å². The van der Waals surface area contributed by atoms with Gasteiger partial charge in [0, 0.05) is 24.7 Å². The first-order chi connectivity index (χ1) is 9.60. The fourth-order valence-electron chi connectivity index (χ4n) is 3.73. The van der Waals surface area contributed by atoms with Crippen LogP contribution in [0.15, 0.2) is 0 Å². The van der Waals surface area contributed by atoms with Crippen molar-refractivity contribution in [2.24, 2.45) is 5.92 Å². The van der Waals surface area contributed by atoms with Gasteiger partial charge in [-0.2, -0.15) is 0 Å². The van der Waals surface area contributed by atoms with E-state index in [9.17, 15) is 4.79 Å². The molecule has 2 unspecified atom stereocenters. The highest BCUT2D eigenvalue weighted by molar-refractivity contribution is 5.78. The minimum absolute atomic E-state index is 0.206. The predicted molar refractivity (Wildman–Crippen MR) is 82.7 cm³/mol. The molecule has 116 valence electrons. The lowest BCUT2D eigenvalue weighted by Gasteiger charge is -2.48. The van der Waals surface area contributed by atoms with E-state index >= 15 is 0 Å². The van der Waals surface area contributed by atoms with Gasteiger partial charge >= 0.3 is 0 Å². The Balaban J connectivity index is 1.86. The van der Waals surface area contributed by atoms with Crippen LogP contribution in [0.1, 0.15) is 52.9 Å². The van der Waals surface area contributed by atoms with Gasteiger partial charge < -0.3 is 10.6 Å². The van der Waals surface area contributed by atoms with Crippen LogP contribution in [0.3, 0.4) is 0 Å². The highest BCUT2D eigenvalue weighted by Crippen LogP contribution is 2.33. The largest absolute Gasteiger partial charge is 0.355 e. The zero-order valence-corrected chi connectivity index (χ0v) is 13.3. The number of carbonyl (C=O) groups excluding carboxylic acids is 1. The second-order valence-corrected chi connectivity index (χ2v) is 6.83. The molecule has 2 aliphatic rings. The van der Waals surface area contributed by atoms with Crippen molar-refractivity contribution in [3.63, 3.8) is 0 Å². The molecule has 4 nitrogen and oxygen atoms in total. The van der Waals surface area contributed by atoms with Crippen molar-refractivity contribution < 1.29 is 4.79 Å². The Bertz CT molecular complexity index is 305. The molecule has 2 fully saturated rings. The number of nitrogens with one attached hydrogen (secondary N) is 2. The Labute approximate surface area is 123 Å². The maximum absolute atomic E-state index is 12.1. The predicted octanol–water partition coefficient (Wildman–Crippen LogP) is 1.75. The summed E-state index contributed by atoms with van der Waals surface area (Å²) in [6, 6.07) is 1.87. The lowest BCUT2D eigenvalue weighted by Crippen LogP contribution is -2.58. The topological polar surface area (TPSA) is 44.4 Å². The van der Waals surface area contributed by atoms with Gasteiger partial charge in [0.1, 0.15) is 0 Å². The first-order valence-corrected chi connectivity index (χ1v) is 8.36. The Hall–Kier alpha value is -0.610. The standard InChI is InChI=1S/C16H31N3O/c1-4-17-13-8-14-6-5-7-15(9-13)19(14)11-16(20)18-10-12(2)3/h12-15,17H,4-11H2,1-3H3,(H,18,20). The molecule has 20 heavy (non-hydrogen) atoms. The summed E-state index contributed by atoms with van der Waals surface area (Å²) >= 11 is 0. The molecular weight excluding hydrogens is 250 g/mol. The molecule has 2 rings (SSSR count). The number of amides is 1. The van der Waals surface area contributed by atoms with E-state index in [-0.39, 0.29) is 5.91 Å². The summed E-state index contributed by atoms with van der Waals surface area (Å²) in [6.07, 6.45) is 6.27. The van der Waals surface area contributed by atoms with Gasteiger partial charge in [0.2, 0.25) is 5.91 Å². The number of hydrogen-bond acceptors (Lipinski definition) is 3. The van der Waals surface area contributed by atoms with Crippen molar-refractivity contribution in [2.45, 2.75) is 71.0 Å². The molecular formula is C16H31N3O. The summed E-state index contributed by atoms with van der Waals surface area (Å²) in [7, 11) is 0. The van der Waals surface area contributed by atoms with Gasteiger partial charge in [0.05, 0.1) is 6.54 Å². The second kappa shape index (κ2) is 7.41. The normalized spacial score (nSPS) is 30.5. The van der Waals surface area contributed by atoms with Crippen LogP contribution in [0.2, 0.25) is 0 Å². The number of piperidine rings is 2. The van der Waals surface area contributed by atoms with E-state index < -0.39 is 0 Å². The lowest BCUT2D eigenvalue weighted by atomic mass is 9.81. The van der Waals surface area contributed by atoms with Gasteiger partial charge in [-0.1, -0.05) is 27.2 Å². The molecule has 0 aliphatic carbocycles. The van der Waals surface area contributed by atoms with E-state index in [0.717, 1.165) is 13.1 Å². The van der Waals surface area contributed by atoms with E-state index in [1.807, 2.05) is 0 Å². The van der Waals surface area contributed by atoms with Crippen LogP contribution in [-0.4, -0.2) is 48.6 Å². The van der Waals surface area contributed by atoms with Crippen LogP contribution >= 0.6 is 0 Å². The summed E-state index contributed by atoms with van der Waals surface area (Å²) in [4.78, 5) is 14.6. The number of rotatable bonds is 6. The summed E-state index contributed by atoms with van der Waals surface area (Å²) in [5, 5.41) is 6.66. The average Bonchev–Trinajstić information content (AvgIpc) is 2.37. The van der Waals surface area contributed by atoms with E-state index in [0.29, 0.717) is 30.6 Å². The summed E-state index contributed by atoms with van der Waals surface area (Å²) < 4.78 is 0. The first-order valence-electron chi connectivity index (χ1n) is 8.36. The minimum Gasteiger partial charge on any atom is -0.355 e. The van der Waals surface area contributed by atoms with Gasteiger partial charge in [-0.3, -0.25) is 9.69 Å². The van der Waals surface area contributed by atoms with Crippen molar-refractivity contribution in [1.29, 1.82) is 0 Å². The Kier molecular flexibility index (Phi) is 5.85. The zero-order chi connectivity index (χ0) is 14.5. The molecule has 0 spiro atoms. The highest BCUT2D eigenvalue weighted by Gasteiger charge is 2.38. The highest BCUT2D eigenvalue weighted by atomic mass is 16.2. The monoisotopic (exact) mass is 281 g/mol. The molecule has 2 heterocycles. The van der Waals surface area contributed by atoms with Crippen molar-refractivity contribution >= 4 is 5.91 Å². The Morgan fingerprint density at radius 1 is 1.25 bits per heavy atom. The summed E-state index contributed by atoms with van der Waals surface area (Å²) in [6.45, 7) is 8.90. The van der Waals surface area contributed by atoms with E-state index in [2.05, 4.69) is 36.3 Å². The van der Waals surface area contributed by atoms with Gasteiger partial charge in [0.15, 0.2) is 0 Å². The van der Waals surface area contributed by atoms with Crippen molar-refractivity contribution in [3.05, 3.63) is 0 Å². The fraction of sp³-hybridized carbons (Fsp3) is 0.938. The number of fused-ring (bicyclic) bond motifs is 2. The van der Waals surface area contributed by atoms with Crippen molar-refractivity contribution in [1.82, 2.24) is 15.5 Å². The molecule has 0 aromatic heterocycles. The molecule has 4 heteroatoms. The number of nitrogens with zero attached hydrogens (tertiary/aromatic N) is 1. The third-order valence-electron chi connectivity index (χ3n) is 4.65. The lowest BCUT2D eigenvalue weighted by molar-refractivity contribution is -0.125. The maximum atomic E-state index is 12.1. The quantitative estimate of drug-likeness (QED) is 0.779. The Morgan fingerprint density at radius 2 is 1.90 bits per heavy atom. The SMILES string of the molecule is CCNC1CC2CCCC(C1)N2CC(=O)NCC(C)C. The third kappa shape index (κ3) is 4.19. The van der Waals surface area contributed by atoms with Crippen LogP contribution in [0.25, 0.3) is 0 Å². The molecule has 2 atom stereocenters. The molecule has 0 saturated carbocycles. The van der Waals surface area contributed by atoms with Crippen LogP contribution in [0.5, 0.6) is 0 Å². The third-order valence-corrected chi connectivity index (χ3v) is 4.65. The molecule has 2 saturated heterocycles. The van der Waals surface area contributed by atoms with E-state index in [1.165, 1.54) is 32.1 Å². The zero-order valence-electron chi connectivity index (χ0n) is 13.3. The fourth-order valence-corrected chi connectivity index (χ4v) is 3.73. The summed E-state index contributed by atoms with van der Waals surface area (Å²) in [5.74, 6) is 0.732. The van der Waals surface area contributed by atoms with Crippen LogP contribution in [-0.2, 0) is 4.79 Å². The smallest absolute Gasteiger partial charge is 0.234 e. The van der Waals surface area contributed by atoms with Crippen molar-refractivity contribution in [3.8, 4) is 0 Å². The van der Waals surface area contributed by atoms with Crippen molar-refractivity contribution in [2.75, 3.05) is 19.6 Å². The average molecular weight is 281 g/mol. The molecule has 0 radical (unpaired) electrons. The summed E-state index contributed by atoms with van der Waals surface area (Å²) in [5.41, 5.74) is 0. The molecule has 0 aromatic carbocycles. The van der Waals surface area contributed by atoms with Crippen LogP contribution in [0.4, 0.5) is 0 Å². The van der Waals surface area contributed by atoms with E-state index in [1.54, 1.807) is 0 Å². The van der Waals surface area contributed by atoms with Gasteiger partial charge in [-0.05, 0) is 38.1 Å². The maximum Gasteiger partial charge on any atom is 0.234 e. The van der Waals surface area contributed by atoms with E-state index in [4.69, 9.17) is 0 Å². The number of hydrogen-bond donors (Lipinski definition) is 2. The second-order valence-electron chi connectivity index (χ2n) is 6.83. The number of carbonyl (C=O) groups is 1. The molecule has 0 aromatic rings. The van der Waals surface area contributed by atoms with Gasteiger partial charge in [0.25, 0.3) is 0 Å². The minimum atomic E-state index is 0.206. The molecule has 2 N–H and O–H groups in total. The molecule has 2 bridgehead atoms. The Morgan fingerprint density at radius 3 is 2.45 bits per heavy atom. The van der Waals surface area contributed by atoms with Crippen LogP contribution < -0.4 is 10.6 Å².